The molecule has 3 nitrogen and oxygen atoms in total. The zero-order chi connectivity index (χ0) is 12.8. The Kier molecular flexibility index (Phi) is 5.50. The smallest absolute Gasteiger partial charge is 0.251 e. The minimum Gasteiger partial charge on any atom is -0.393 e. The number of carbonyl (C=O) groups is 1. The molecule has 0 spiro atoms. The van der Waals surface area contributed by atoms with Crippen LogP contribution in [-0.4, -0.2) is 17.4 Å². The van der Waals surface area contributed by atoms with Gasteiger partial charge in [0.2, 0.25) is 0 Å². The van der Waals surface area contributed by atoms with Gasteiger partial charge in [0.1, 0.15) is 5.82 Å². The van der Waals surface area contributed by atoms with E-state index in [1.807, 2.05) is 0 Å². The number of nitrogens with two attached hydrogens (primary N) is 1. The average Bonchev–Trinajstić information content (AvgIpc) is 2.27. The van der Waals surface area contributed by atoms with Gasteiger partial charge in [-0.2, -0.15) is 0 Å². The van der Waals surface area contributed by atoms with E-state index in [2.05, 4.69) is 21.2 Å². The van der Waals surface area contributed by atoms with Gasteiger partial charge < -0.3 is 11.1 Å². The fourth-order valence-electron chi connectivity index (χ4n) is 1.20. The van der Waals surface area contributed by atoms with E-state index >= 15 is 0 Å². The minimum absolute atomic E-state index is 0.293. The van der Waals surface area contributed by atoms with E-state index < -0.39 is 5.82 Å². The molecule has 0 atom stereocenters. The average molecular weight is 319 g/mol. The lowest BCUT2D eigenvalue weighted by atomic mass is 10.2. The highest BCUT2D eigenvalue weighted by Gasteiger charge is 2.07. The van der Waals surface area contributed by atoms with Crippen LogP contribution in [0, 0.1) is 5.82 Å². The largest absolute Gasteiger partial charge is 0.393 e. The molecule has 17 heavy (non-hydrogen) atoms. The summed E-state index contributed by atoms with van der Waals surface area (Å²) < 4.78 is 13.5. The van der Waals surface area contributed by atoms with Crippen molar-refractivity contribution in [2.75, 3.05) is 6.54 Å². The number of carbonyl (C=O) groups excluding carboxylic acids is 1. The van der Waals surface area contributed by atoms with Crippen LogP contribution < -0.4 is 11.1 Å². The van der Waals surface area contributed by atoms with Crippen LogP contribution in [0.4, 0.5) is 4.39 Å². The molecule has 3 N–H and O–H groups in total. The molecule has 1 amide bonds. The number of nitrogens with one attached hydrogen (secondary N) is 1. The zero-order valence-electron chi connectivity index (χ0n) is 9.00. The van der Waals surface area contributed by atoms with Crippen LogP contribution in [-0.2, 0) is 0 Å². The quantitative estimate of drug-likeness (QED) is 0.647. The summed E-state index contributed by atoms with van der Waals surface area (Å²) >= 11 is 7.73. The number of halogens is 2. The Balaban J connectivity index is 2.47. The van der Waals surface area contributed by atoms with Gasteiger partial charge in [-0.05, 0) is 47.0 Å². The predicted octanol–water partition coefficient (Wildman–Crippen LogP) is 2.38. The number of benzene rings is 1. The van der Waals surface area contributed by atoms with Crippen LogP contribution in [0.5, 0.6) is 0 Å². The molecule has 0 aliphatic rings. The molecule has 0 unspecified atom stereocenters. The lowest BCUT2D eigenvalue weighted by molar-refractivity contribution is 0.0953. The van der Waals surface area contributed by atoms with Crippen molar-refractivity contribution in [3.05, 3.63) is 34.1 Å². The van der Waals surface area contributed by atoms with E-state index in [0.717, 1.165) is 0 Å². The van der Waals surface area contributed by atoms with Crippen molar-refractivity contribution in [3.63, 3.8) is 0 Å². The summed E-state index contributed by atoms with van der Waals surface area (Å²) in [5, 5.41) is 2.66. The van der Waals surface area contributed by atoms with E-state index in [9.17, 15) is 9.18 Å². The third-order valence-electron chi connectivity index (χ3n) is 2.07. The highest BCUT2D eigenvalue weighted by molar-refractivity contribution is 9.10. The standard InChI is InChI=1S/C11H12BrFN2OS/c12-8-4-3-7(6-9(8)13)11(16)15-5-1-2-10(14)17/h3-4,6H,1-2,5H2,(H2,14,17)(H,15,16). The van der Waals surface area contributed by atoms with Crippen molar-refractivity contribution >= 4 is 39.0 Å². The SMILES string of the molecule is NC(=S)CCCNC(=O)c1ccc(Br)c(F)c1. The van der Waals surface area contributed by atoms with Crippen molar-refractivity contribution in [1.29, 1.82) is 0 Å². The molecule has 0 aliphatic carbocycles. The topological polar surface area (TPSA) is 55.1 Å². The van der Waals surface area contributed by atoms with Crippen LogP contribution in [0.3, 0.4) is 0 Å². The van der Waals surface area contributed by atoms with Crippen molar-refractivity contribution in [1.82, 2.24) is 5.32 Å². The Bertz CT molecular complexity index is 439. The van der Waals surface area contributed by atoms with Gasteiger partial charge in [0.15, 0.2) is 0 Å². The van der Waals surface area contributed by atoms with Crippen LogP contribution in [0.15, 0.2) is 22.7 Å². The molecule has 0 radical (unpaired) electrons. The number of hydrogen-bond donors (Lipinski definition) is 2. The normalized spacial score (nSPS) is 10.0. The monoisotopic (exact) mass is 318 g/mol. The molecule has 1 rings (SSSR count). The van der Waals surface area contributed by atoms with E-state index in [-0.39, 0.29) is 5.91 Å². The molecule has 0 fully saturated rings. The molecule has 0 saturated heterocycles. The van der Waals surface area contributed by atoms with Gasteiger partial charge >= 0.3 is 0 Å². The third kappa shape index (κ3) is 4.79. The first-order chi connectivity index (χ1) is 8.00. The number of rotatable bonds is 5. The van der Waals surface area contributed by atoms with Gasteiger partial charge in [-0.1, -0.05) is 12.2 Å². The lowest BCUT2D eigenvalue weighted by Crippen LogP contribution is -2.25. The molecule has 0 saturated carbocycles. The number of thiocarbonyl (C=S) groups is 1. The first-order valence-corrected chi connectivity index (χ1v) is 6.22. The van der Waals surface area contributed by atoms with Crippen LogP contribution >= 0.6 is 28.1 Å². The highest BCUT2D eigenvalue weighted by atomic mass is 79.9. The van der Waals surface area contributed by atoms with Crippen LogP contribution in [0.25, 0.3) is 0 Å². The van der Waals surface area contributed by atoms with Crippen LogP contribution in [0.1, 0.15) is 23.2 Å². The molecule has 1 aromatic rings. The summed E-state index contributed by atoms with van der Waals surface area (Å²) in [4.78, 5) is 12.0. The lowest BCUT2D eigenvalue weighted by Gasteiger charge is -2.05. The molecule has 0 bridgehead atoms. The molecule has 1 aromatic carbocycles. The maximum absolute atomic E-state index is 13.2. The van der Waals surface area contributed by atoms with E-state index in [4.69, 9.17) is 18.0 Å². The Morgan fingerprint density at radius 3 is 2.82 bits per heavy atom. The van der Waals surface area contributed by atoms with Crippen molar-refractivity contribution in [2.24, 2.45) is 5.73 Å². The molecule has 0 aromatic heterocycles. The van der Waals surface area contributed by atoms with E-state index in [1.165, 1.54) is 12.1 Å². The second-order valence-corrected chi connectivity index (χ2v) is 4.83. The van der Waals surface area contributed by atoms with Gasteiger partial charge in [0, 0.05) is 12.1 Å². The van der Waals surface area contributed by atoms with Gasteiger partial charge in [-0.25, -0.2) is 4.39 Å². The molecular weight excluding hydrogens is 307 g/mol. The summed E-state index contributed by atoms with van der Waals surface area (Å²) in [5.74, 6) is -0.764. The van der Waals surface area contributed by atoms with Gasteiger partial charge in [-0.3, -0.25) is 4.79 Å². The molecule has 0 heterocycles. The highest BCUT2D eigenvalue weighted by Crippen LogP contribution is 2.16. The Morgan fingerprint density at radius 1 is 1.53 bits per heavy atom. The number of amides is 1. The summed E-state index contributed by atoms with van der Waals surface area (Å²) in [7, 11) is 0. The van der Waals surface area contributed by atoms with Gasteiger partial charge in [0.25, 0.3) is 5.91 Å². The fraction of sp³-hybridized carbons (Fsp3) is 0.273. The summed E-state index contributed by atoms with van der Waals surface area (Å²) in [6.45, 7) is 0.466. The predicted molar refractivity (Wildman–Crippen MR) is 72.5 cm³/mol. The first-order valence-electron chi connectivity index (χ1n) is 5.02. The fourth-order valence-corrected chi connectivity index (χ4v) is 1.59. The minimum atomic E-state index is -0.458. The Labute approximate surface area is 113 Å². The van der Waals surface area contributed by atoms with Gasteiger partial charge in [0.05, 0.1) is 9.46 Å². The molecule has 92 valence electrons. The summed E-state index contributed by atoms with van der Waals surface area (Å²) in [6, 6.07) is 4.24. The molecule has 0 aliphatic heterocycles. The Morgan fingerprint density at radius 2 is 2.24 bits per heavy atom. The molecular formula is C11H12BrFN2OS. The number of hydrogen-bond acceptors (Lipinski definition) is 2. The second kappa shape index (κ2) is 6.66. The summed E-state index contributed by atoms with van der Waals surface area (Å²) in [5.41, 5.74) is 5.61. The zero-order valence-corrected chi connectivity index (χ0v) is 11.4. The van der Waals surface area contributed by atoms with Gasteiger partial charge in [-0.15, -0.1) is 0 Å². The van der Waals surface area contributed by atoms with Crippen molar-refractivity contribution < 1.29 is 9.18 Å². The maximum Gasteiger partial charge on any atom is 0.251 e. The van der Waals surface area contributed by atoms with E-state index in [0.29, 0.717) is 34.4 Å². The first kappa shape index (κ1) is 14.1. The maximum atomic E-state index is 13.2. The Hall–Kier alpha value is -1.01. The summed E-state index contributed by atoms with van der Waals surface area (Å²) in [6.07, 6.45) is 1.27. The van der Waals surface area contributed by atoms with Crippen molar-refractivity contribution in [2.45, 2.75) is 12.8 Å². The van der Waals surface area contributed by atoms with Crippen LogP contribution in [0.2, 0.25) is 0 Å². The van der Waals surface area contributed by atoms with E-state index in [1.54, 1.807) is 6.07 Å². The second-order valence-electron chi connectivity index (χ2n) is 3.45. The van der Waals surface area contributed by atoms with Crippen molar-refractivity contribution in [3.8, 4) is 0 Å². The third-order valence-corrected chi connectivity index (χ3v) is 2.91. The molecule has 6 heteroatoms.